The van der Waals surface area contributed by atoms with Crippen LogP contribution in [0.15, 0.2) is 0 Å². The number of nitrogens with one attached hydrogen (secondary N) is 1. The van der Waals surface area contributed by atoms with E-state index in [1.165, 1.54) is 6.42 Å². The topological polar surface area (TPSA) is 73.6 Å². The third-order valence-corrected chi connectivity index (χ3v) is 4.27. The average Bonchev–Trinajstić information content (AvgIpc) is 2.86. The number of rotatable bonds is 4. The fourth-order valence-corrected chi connectivity index (χ4v) is 2.79. The second kappa shape index (κ2) is 5.55. The SMILES string of the molecule is COC1(CNC(=O)C2(N)CCCCC2)CCOC1. The van der Waals surface area contributed by atoms with Gasteiger partial charge in [-0.1, -0.05) is 19.3 Å². The van der Waals surface area contributed by atoms with Gasteiger partial charge in [0.2, 0.25) is 5.91 Å². The van der Waals surface area contributed by atoms with Gasteiger partial charge in [-0.2, -0.15) is 0 Å². The molecule has 18 heavy (non-hydrogen) atoms. The minimum atomic E-state index is -0.674. The molecule has 0 radical (unpaired) electrons. The highest BCUT2D eigenvalue weighted by molar-refractivity contribution is 5.86. The molecule has 1 heterocycles. The Morgan fingerprint density at radius 3 is 2.61 bits per heavy atom. The lowest BCUT2D eigenvalue weighted by Crippen LogP contribution is -2.57. The maximum Gasteiger partial charge on any atom is 0.240 e. The van der Waals surface area contributed by atoms with E-state index >= 15 is 0 Å². The molecule has 1 unspecified atom stereocenters. The summed E-state index contributed by atoms with van der Waals surface area (Å²) in [5.74, 6) is -0.0366. The Morgan fingerprint density at radius 1 is 1.33 bits per heavy atom. The normalized spacial score (nSPS) is 31.2. The van der Waals surface area contributed by atoms with Crippen LogP contribution in [0.5, 0.6) is 0 Å². The molecule has 1 saturated carbocycles. The Bertz CT molecular complexity index is 295. The molecule has 1 aliphatic heterocycles. The van der Waals surface area contributed by atoms with Crippen LogP contribution in [0.3, 0.4) is 0 Å². The minimum Gasteiger partial charge on any atom is -0.378 e. The zero-order valence-corrected chi connectivity index (χ0v) is 11.2. The first-order valence-electron chi connectivity index (χ1n) is 6.80. The molecule has 2 fully saturated rings. The first-order valence-corrected chi connectivity index (χ1v) is 6.80. The second-order valence-corrected chi connectivity index (χ2v) is 5.59. The first kappa shape index (κ1) is 13.8. The number of amides is 1. The molecule has 1 saturated heterocycles. The molecule has 0 aromatic heterocycles. The summed E-state index contributed by atoms with van der Waals surface area (Å²) in [7, 11) is 1.67. The van der Waals surface area contributed by atoms with E-state index < -0.39 is 5.54 Å². The van der Waals surface area contributed by atoms with Crippen LogP contribution in [0.2, 0.25) is 0 Å². The zero-order chi connectivity index (χ0) is 13.1. The van der Waals surface area contributed by atoms with E-state index in [9.17, 15) is 4.79 Å². The van der Waals surface area contributed by atoms with Crippen molar-refractivity contribution in [3.8, 4) is 0 Å². The molecule has 2 aliphatic rings. The van der Waals surface area contributed by atoms with E-state index in [4.69, 9.17) is 15.2 Å². The van der Waals surface area contributed by atoms with Crippen LogP contribution in [0.4, 0.5) is 0 Å². The summed E-state index contributed by atoms with van der Waals surface area (Å²) in [5, 5.41) is 2.96. The average molecular weight is 256 g/mol. The third-order valence-electron chi connectivity index (χ3n) is 4.27. The lowest BCUT2D eigenvalue weighted by molar-refractivity contribution is -0.129. The lowest BCUT2D eigenvalue weighted by Gasteiger charge is -2.34. The van der Waals surface area contributed by atoms with E-state index in [-0.39, 0.29) is 11.5 Å². The van der Waals surface area contributed by atoms with Gasteiger partial charge in [-0.05, 0) is 12.8 Å². The standard InChI is InChI=1S/C13H24N2O3/c1-17-12(7-8-18-10-12)9-15-11(16)13(14)5-3-2-4-6-13/h2-10,14H2,1H3,(H,15,16). The van der Waals surface area contributed by atoms with Crippen LogP contribution >= 0.6 is 0 Å². The van der Waals surface area contributed by atoms with Crippen LogP contribution in [-0.4, -0.2) is 43.9 Å². The molecular formula is C13H24N2O3. The summed E-state index contributed by atoms with van der Waals surface area (Å²) in [6, 6.07) is 0. The Labute approximate surface area is 108 Å². The molecule has 0 spiro atoms. The number of nitrogens with two attached hydrogens (primary N) is 1. The highest BCUT2D eigenvalue weighted by Gasteiger charge is 2.39. The van der Waals surface area contributed by atoms with Crippen molar-refractivity contribution in [1.29, 1.82) is 0 Å². The largest absolute Gasteiger partial charge is 0.378 e. The smallest absolute Gasteiger partial charge is 0.240 e. The van der Waals surface area contributed by atoms with E-state index in [1.807, 2.05) is 0 Å². The molecule has 5 nitrogen and oxygen atoms in total. The van der Waals surface area contributed by atoms with Crippen molar-refractivity contribution in [3.63, 3.8) is 0 Å². The van der Waals surface area contributed by atoms with Gasteiger partial charge in [-0.3, -0.25) is 4.79 Å². The van der Waals surface area contributed by atoms with Crippen molar-refractivity contribution >= 4 is 5.91 Å². The predicted molar refractivity (Wildman–Crippen MR) is 68.2 cm³/mol. The summed E-state index contributed by atoms with van der Waals surface area (Å²) < 4.78 is 10.8. The molecule has 5 heteroatoms. The molecule has 3 N–H and O–H groups in total. The number of methoxy groups -OCH3 is 1. The molecular weight excluding hydrogens is 232 g/mol. The Kier molecular flexibility index (Phi) is 4.25. The first-order chi connectivity index (χ1) is 8.60. The van der Waals surface area contributed by atoms with Gasteiger partial charge in [0.05, 0.1) is 12.1 Å². The van der Waals surface area contributed by atoms with E-state index in [2.05, 4.69) is 5.32 Å². The van der Waals surface area contributed by atoms with Crippen molar-refractivity contribution in [2.24, 2.45) is 5.73 Å². The van der Waals surface area contributed by atoms with Gasteiger partial charge in [-0.25, -0.2) is 0 Å². The van der Waals surface area contributed by atoms with Crippen LogP contribution in [-0.2, 0) is 14.3 Å². The monoisotopic (exact) mass is 256 g/mol. The Morgan fingerprint density at radius 2 is 2.06 bits per heavy atom. The third kappa shape index (κ3) is 2.84. The van der Waals surface area contributed by atoms with Crippen LogP contribution in [0.1, 0.15) is 38.5 Å². The van der Waals surface area contributed by atoms with Gasteiger partial charge >= 0.3 is 0 Å². The maximum atomic E-state index is 12.2. The molecule has 0 aromatic rings. The minimum absolute atomic E-state index is 0.0366. The molecule has 1 atom stereocenters. The van der Waals surface area contributed by atoms with Crippen molar-refractivity contribution in [1.82, 2.24) is 5.32 Å². The number of carbonyl (C=O) groups excluding carboxylic acids is 1. The van der Waals surface area contributed by atoms with Crippen LogP contribution in [0, 0.1) is 0 Å². The summed E-state index contributed by atoms with van der Waals surface area (Å²) in [6.07, 6.45) is 5.67. The van der Waals surface area contributed by atoms with Crippen LogP contribution in [0.25, 0.3) is 0 Å². The molecule has 0 bridgehead atoms. The van der Waals surface area contributed by atoms with Gasteiger partial charge in [-0.15, -0.1) is 0 Å². The number of ether oxygens (including phenoxy) is 2. The number of hydrogen-bond acceptors (Lipinski definition) is 4. The highest BCUT2D eigenvalue weighted by atomic mass is 16.5. The van der Waals surface area contributed by atoms with Gasteiger partial charge in [0, 0.05) is 26.7 Å². The summed E-state index contributed by atoms with van der Waals surface area (Å²) in [6.45, 7) is 1.72. The fourth-order valence-electron chi connectivity index (χ4n) is 2.79. The van der Waals surface area contributed by atoms with Crippen molar-refractivity contribution in [2.75, 3.05) is 26.9 Å². The predicted octanol–water partition coefficient (Wildman–Crippen LogP) is 0.570. The number of carbonyl (C=O) groups is 1. The van der Waals surface area contributed by atoms with Gasteiger partial charge in [0.25, 0.3) is 0 Å². The second-order valence-electron chi connectivity index (χ2n) is 5.59. The molecule has 1 amide bonds. The molecule has 0 aromatic carbocycles. The van der Waals surface area contributed by atoms with Crippen LogP contribution < -0.4 is 11.1 Å². The lowest BCUT2D eigenvalue weighted by atomic mass is 9.82. The summed E-state index contributed by atoms with van der Waals surface area (Å²) >= 11 is 0. The van der Waals surface area contributed by atoms with Crippen molar-refractivity contribution in [3.05, 3.63) is 0 Å². The highest BCUT2D eigenvalue weighted by Crippen LogP contribution is 2.27. The van der Waals surface area contributed by atoms with E-state index in [0.717, 1.165) is 32.1 Å². The molecule has 2 rings (SSSR count). The van der Waals surface area contributed by atoms with E-state index in [0.29, 0.717) is 19.8 Å². The summed E-state index contributed by atoms with van der Waals surface area (Å²) in [4.78, 5) is 12.2. The fraction of sp³-hybridized carbons (Fsp3) is 0.923. The Hall–Kier alpha value is -0.650. The zero-order valence-electron chi connectivity index (χ0n) is 11.2. The maximum absolute atomic E-state index is 12.2. The number of hydrogen-bond donors (Lipinski definition) is 2. The van der Waals surface area contributed by atoms with Gasteiger partial charge in [0.15, 0.2) is 0 Å². The molecule has 1 aliphatic carbocycles. The van der Waals surface area contributed by atoms with Gasteiger partial charge in [0.1, 0.15) is 5.60 Å². The van der Waals surface area contributed by atoms with E-state index in [1.54, 1.807) is 7.11 Å². The Balaban J connectivity index is 1.87. The molecule has 104 valence electrons. The van der Waals surface area contributed by atoms with Gasteiger partial charge < -0.3 is 20.5 Å². The van der Waals surface area contributed by atoms with Crippen molar-refractivity contribution in [2.45, 2.75) is 49.7 Å². The quantitative estimate of drug-likeness (QED) is 0.771. The van der Waals surface area contributed by atoms with Crippen molar-refractivity contribution < 1.29 is 14.3 Å². The summed E-state index contributed by atoms with van der Waals surface area (Å²) in [5.41, 5.74) is 5.15.